The van der Waals surface area contributed by atoms with Crippen molar-refractivity contribution in [3.63, 3.8) is 0 Å². The highest BCUT2D eigenvalue weighted by molar-refractivity contribution is 7.90. The molecule has 2 atom stereocenters. The first kappa shape index (κ1) is 24.3. The standard InChI is InChI=1S/C25H29FN2O5S/c1-17(20-9-4-5-10-21(20)26)15-22-27-34(30,31)23(25(2,3)33-22)18-7-6-8-19(16-18)24(29)28-11-13-32-14-12-28/h4-10,16-17,23H,11-15H2,1-3H3/t17-,23?/m1/s1. The van der Waals surface area contributed by atoms with Crippen molar-refractivity contribution in [1.82, 2.24) is 4.90 Å². The molecule has 7 nitrogen and oxygen atoms in total. The molecule has 2 aromatic carbocycles. The Labute approximate surface area is 199 Å². The van der Waals surface area contributed by atoms with Gasteiger partial charge in [0.25, 0.3) is 15.9 Å². The van der Waals surface area contributed by atoms with Crippen molar-refractivity contribution >= 4 is 21.8 Å². The normalized spacial score (nSPS) is 22.4. The van der Waals surface area contributed by atoms with Gasteiger partial charge in [-0.25, -0.2) is 12.8 Å². The minimum atomic E-state index is -4.01. The Bertz CT molecular complexity index is 1210. The average Bonchev–Trinajstić information content (AvgIpc) is 2.78. The summed E-state index contributed by atoms with van der Waals surface area (Å²) in [5.74, 6) is -0.789. The van der Waals surface area contributed by atoms with Crippen molar-refractivity contribution < 1.29 is 27.1 Å². The maximum absolute atomic E-state index is 14.2. The highest BCUT2D eigenvalue weighted by Gasteiger charge is 2.47. The molecule has 0 spiro atoms. The molecular weight excluding hydrogens is 459 g/mol. The van der Waals surface area contributed by atoms with Gasteiger partial charge in [-0.15, -0.1) is 4.40 Å². The summed E-state index contributed by atoms with van der Waals surface area (Å²) in [6.45, 7) is 7.12. The summed E-state index contributed by atoms with van der Waals surface area (Å²) in [5, 5.41) is -1.09. The van der Waals surface area contributed by atoms with Gasteiger partial charge in [0, 0.05) is 25.1 Å². The molecule has 0 N–H and O–H groups in total. The number of carbonyl (C=O) groups excluding carboxylic acids is 1. The summed E-state index contributed by atoms with van der Waals surface area (Å²) in [6, 6.07) is 13.0. The Morgan fingerprint density at radius 2 is 1.88 bits per heavy atom. The highest BCUT2D eigenvalue weighted by atomic mass is 32.2. The van der Waals surface area contributed by atoms with E-state index in [1.807, 2.05) is 0 Å². The van der Waals surface area contributed by atoms with Gasteiger partial charge in [-0.1, -0.05) is 37.3 Å². The van der Waals surface area contributed by atoms with E-state index in [0.29, 0.717) is 43.0 Å². The van der Waals surface area contributed by atoms with Crippen molar-refractivity contribution in [2.75, 3.05) is 26.3 Å². The minimum absolute atomic E-state index is 0.0533. The van der Waals surface area contributed by atoms with Crippen LogP contribution in [-0.4, -0.2) is 57.0 Å². The summed E-state index contributed by atoms with van der Waals surface area (Å²) < 4.78 is 56.2. The number of amides is 1. The zero-order chi connectivity index (χ0) is 24.5. The third kappa shape index (κ3) is 5.00. The molecule has 1 saturated heterocycles. The van der Waals surface area contributed by atoms with Crippen molar-refractivity contribution in [1.29, 1.82) is 0 Å². The quantitative estimate of drug-likeness (QED) is 0.633. The van der Waals surface area contributed by atoms with Gasteiger partial charge >= 0.3 is 0 Å². The van der Waals surface area contributed by atoms with Gasteiger partial charge in [0.05, 0.1) is 13.2 Å². The van der Waals surface area contributed by atoms with Crippen LogP contribution in [0.1, 0.15) is 59.8 Å². The van der Waals surface area contributed by atoms with E-state index in [2.05, 4.69) is 4.40 Å². The molecule has 1 amide bonds. The first-order chi connectivity index (χ1) is 16.1. The number of halogens is 1. The van der Waals surface area contributed by atoms with Crippen LogP contribution in [0.3, 0.4) is 0 Å². The van der Waals surface area contributed by atoms with Gasteiger partial charge in [0.2, 0.25) is 5.90 Å². The molecule has 34 heavy (non-hydrogen) atoms. The molecule has 0 radical (unpaired) electrons. The van der Waals surface area contributed by atoms with E-state index in [1.165, 1.54) is 6.07 Å². The highest BCUT2D eigenvalue weighted by Crippen LogP contribution is 2.42. The lowest BCUT2D eigenvalue weighted by Crippen LogP contribution is -2.43. The number of benzene rings is 2. The monoisotopic (exact) mass is 488 g/mol. The molecule has 0 bridgehead atoms. The van der Waals surface area contributed by atoms with Gasteiger partial charge in [-0.3, -0.25) is 4.79 Å². The first-order valence-electron chi connectivity index (χ1n) is 11.3. The van der Waals surface area contributed by atoms with E-state index in [1.54, 1.807) is 68.1 Å². The minimum Gasteiger partial charge on any atom is -0.472 e. The Morgan fingerprint density at radius 1 is 1.18 bits per heavy atom. The smallest absolute Gasteiger partial charge is 0.267 e. The maximum Gasteiger partial charge on any atom is 0.267 e. The molecule has 182 valence electrons. The summed E-state index contributed by atoms with van der Waals surface area (Å²) in [5.41, 5.74) is 0.175. The molecule has 2 heterocycles. The predicted octanol–water partition coefficient (Wildman–Crippen LogP) is 4.07. The number of nitrogens with zero attached hydrogens (tertiary/aromatic N) is 2. The Balaban J connectivity index is 1.61. The van der Waals surface area contributed by atoms with Crippen LogP contribution in [0.5, 0.6) is 0 Å². The fraction of sp³-hybridized carbons (Fsp3) is 0.440. The lowest BCUT2D eigenvalue weighted by Gasteiger charge is -2.38. The lowest BCUT2D eigenvalue weighted by atomic mass is 9.94. The molecular formula is C25H29FN2O5S. The largest absolute Gasteiger partial charge is 0.472 e. The molecule has 0 aliphatic carbocycles. The first-order valence-corrected chi connectivity index (χ1v) is 12.8. The number of rotatable bonds is 5. The van der Waals surface area contributed by atoms with Crippen molar-refractivity contribution in [3.8, 4) is 0 Å². The van der Waals surface area contributed by atoms with Crippen LogP contribution < -0.4 is 0 Å². The number of morpholine rings is 1. The summed E-state index contributed by atoms with van der Waals surface area (Å²) in [6.07, 6.45) is 0.145. The number of carbonyl (C=O) groups is 1. The second kappa shape index (κ2) is 9.46. The number of sulfonamides is 1. The Morgan fingerprint density at radius 3 is 2.56 bits per heavy atom. The number of hydrogen-bond donors (Lipinski definition) is 0. The van der Waals surface area contributed by atoms with E-state index in [0.717, 1.165) is 0 Å². The molecule has 2 aliphatic heterocycles. The predicted molar refractivity (Wildman–Crippen MR) is 127 cm³/mol. The zero-order valence-corrected chi connectivity index (χ0v) is 20.3. The second-order valence-electron chi connectivity index (χ2n) is 9.24. The lowest BCUT2D eigenvalue weighted by molar-refractivity contribution is 0.0302. The van der Waals surface area contributed by atoms with Gasteiger partial charge in [-0.05, 0) is 49.1 Å². The SMILES string of the molecule is C[C@H](CC1=NS(=O)(=O)C(c2cccc(C(=O)N3CCOCC3)c2)C(C)(C)O1)c1ccccc1F. The van der Waals surface area contributed by atoms with Crippen LogP contribution in [0.4, 0.5) is 4.39 Å². The molecule has 0 aromatic heterocycles. The van der Waals surface area contributed by atoms with Crippen LogP contribution in [-0.2, 0) is 19.5 Å². The van der Waals surface area contributed by atoms with Crippen molar-refractivity contribution in [2.24, 2.45) is 4.40 Å². The number of hydrogen-bond acceptors (Lipinski definition) is 5. The van der Waals surface area contributed by atoms with E-state index in [-0.39, 0.29) is 30.0 Å². The third-order valence-corrected chi connectivity index (χ3v) is 8.08. The molecule has 2 aromatic rings. The van der Waals surface area contributed by atoms with E-state index in [9.17, 15) is 17.6 Å². The number of ether oxygens (including phenoxy) is 2. The third-order valence-electron chi connectivity index (χ3n) is 6.19. The summed E-state index contributed by atoms with van der Waals surface area (Å²) in [7, 11) is -4.01. The van der Waals surface area contributed by atoms with Crippen molar-refractivity contribution in [2.45, 2.75) is 44.0 Å². The van der Waals surface area contributed by atoms with Crippen molar-refractivity contribution in [3.05, 3.63) is 71.0 Å². The summed E-state index contributed by atoms with van der Waals surface area (Å²) >= 11 is 0. The molecule has 1 unspecified atom stereocenters. The molecule has 2 aliphatic rings. The Kier molecular flexibility index (Phi) is 6.78. The molecule has 1 fully saturated rings. The molecule has 9 heteroatoms. The summed E-state index contributed by atoms with van der Waals surface area (Å²) in [4.78, 5) is 14.6. The van der Waals surface area contributed by atoms with Crippen LogP contribution in [0.15, 0.2) is 52.9 Å². The molecule has 4 rings (SSSR count). The van der Waals surface area contributed by atoms with Gasteiger partial charge in [0.1, 0.15) is 16.7 Å². The zero-order valence-electron chi connectivity index (χ0n) is 19.5. The fourth-order valence-electron chi connectivity index (χ4n) is 4.61. The van der Waals surface area contributed by atoms with Gasteiger partial charge in [-0.2, -0.15) is 0 Å². The average molecular weight is 489 g/mol. The topological polar surface area (TPSA) is 85.3 Å². The van der Waals surface area contributed by atoms with Gasteiger partial charge < -0.3 is 14.4 Å². The maximum atomic E-state index is 14.2. The Hall–Kier alpha value is -2.78. The molecule has 0 saturated carbocycles. The van der Waals surface area contributed by atoms with Crippen LogP contribution >= 0.6 is 0 Å². The van der Waals surface area contributed by atoms with E-state index < -0.39 is 20.9 Å². The van der Waals surface area contributed by atoms with Crippen LogP contribution in [0.25, 0.3) is 0 Å². The van der Waals surface area contributed by atoms with Crippen LogP contribution in [0, 0.1) is 5.82 Å². The van der Waals surface area contributed by atoms with E-state index >= 15 is 0 Å². The van der Waals surface area contributed by atoms with Crippen LogP contribution in [0.2, 0.25) is 0 Å². The van der Waals surface area contributed by atoms with E-state index in [4.69, 9.17) is 9.47 Å². The fourth-order valence-corrected chi connectivity index (χ4v) is 6.37. The second-order valence-corrected chi connectivity index (χ2v) is 10.9. The van der Waals surface area contributed by atoms with Gasteiger partial charge in [0.15, 0.2) is 0 Å².